The smallest absolute Gasteiger partial charge is 0.140 e. The molecule has 19 heavy (non-hydrogen) atoms. The van der Waals surface area contributed by atoms with Gasteiger partial charge in [0.2, 0.25) is 0 Å². The number of pyridine rings is 1. The second-order valence-corrected chi connectivity index (χ2v) is 5.54. The fourth-order valence-electron chi connectivity index (χ4n) is 2.79. The number of aromatic nitrogens is 1. The summed E-state index contributed by atoms with van der Waals surface area (Å²) in [5, 5.41) is 12.4. The third-order valence-corrected chi connectivity index (χ3v) is 4.01. The van der Waals surface area contributed by atoms with Crippen LogP contribution in [-0.4, -0.2) is 30.2 Å². The van der Waals surface area contributed by atoms with E-state index in [1.165, 1.54) is 32.1 Å². The highest BCUT2D eigenvalue weighted by Gasteiger charge is 2.31. The molecule has 100 valence electrons. The van der Waals surface area contributed by atoms with Crippen molar-refractivity contribution in [2.45, 2.75) is 44.2 Å². The molecular formula is C15H20N4. The quantitative estimate of drug-likeness (QED) is 0.896. The molecule has 1 unspecified atom stereocenters. The molecule has 0 bridgehead atoms. The van der Waals surface area contributed by atoms with E-state index in [1.54, 1.807) is 0 Å². The van der Waals surface area contributed by atoms with Gasteiger partial charge >= 0.3 is 0 Å². The third-order valence-electron chi connectivity index (χ3n) is 4.01. The summed E-state index contributed by atoms with van der Waals surface area (Å²) in [5.74, 6) is 0. The van der Waals surface area contributed by atoms with Crippen LogP contribution in [0.25, 0.3) is 0 Å². The van der Waals surface area contributed by atoms with Gasteiger partial charge in [-0.2, -0.15) is 5.26 Å². The Bertz CT molecular complexity index is 452. The van der Waals surface area contributed by atoms with Gasteiger partial charge in [-0.25, -0.2) is 4.98 Å². The summed E-state index contributed by atoms with van der Waals surface area (Å²) in [4.78, 5) is 6.67. The zero-order valence-electron chi connectivity index (χ0n) is 11.2. The minimum atomic E-state index is 0.496. The molecule has 0 radical (unpaired) electrons. The molecule has 1 aromatic heterocycles. The highest BCUT2D eigenvalue weighted by molar-refractivity contribution is 5.48. The van der Waals surface area contributed by atoms with Crippen LogP contribution in [0.5, 0.6) is 0 Å². The molecule has 0 aromatic carbocycles. The van der Waals surface area contributed by atoms with E-state index >= 15 is 0 Å². The van der Waals surface area contributed by atoms with Gasteiger partial charge in [0.05, 0.1) is 11.9 Å². The van der Waals surface area contributed by atoms with Crippen molar-refractivity contribution in [1.82, 2.24) is 10.3 Å². The van der Waals surface area contributed by atoms with Crippen molar-refractivity contribution in [3.63, 3.8) is 0 Å². The number of anilines is 1. The van der Waals surface area contributed by atoms with Crippen LogP contribution in [0, 0.1) is 11.3 Å². The summed E-state index contributed by atoms with van der Waals surface area (Å²) >= 11 is 0. The normalized spacial score (nSPS) is 22.8. The van der Waals surface area contributed by atoms with E-state index in [-0.39, 0.29) is 0 Å². The lowest BCUT2D eigenvalue weighted by atomic mass is 10.0. The molecule has 1 saturated carbocycles. The van der Waals surface area contributed by atoms with Gasteiger partial charge in [-0.1, -0.05) is 6.42 Å². The Kier molecular flexibility index (Phi) is 3.65. The summed E-state index contributed by atoms with van der Waals surface area (Å²) in [5.41, 5.74) is 1.66. The Morgan fingerprint density at radius 3 is 2.79 bits per heavy atom. The van der Waals surface area contributed by atoms with Gasteiger partial charge in [0, 0.05) is 18.6 Å². The largest absolute Gasteiger partial charge is 0.366 e. The molecule has 1 aromatic rings. The second-order valence-electron chi connectivity index (χ2n) is 5.54. The van der Waals surface area contributed by atoms with Crippen LogP contribution >= 0.6 is 0 Å². The predicted octanol–water partition coefficient (Wildman–Crippen LogP) is 2.06. The van der Waals surface area contributed by atoms with Gasteiger partial charge in [0.15, 0.2) is 0 Å². The van der Waals surface area contributed by atoms with Gasteiger partial charge in [0.1, 0.15) is 11.8 Å². The Balaban J connectivity index is 1.70. The van der Waals surface area contributed by atoms with Gasteiger partial charge in [0.25, 0.3) is 0 Å². The first-order valence-corrected chi connectivity index (χ1v) is 7.23. The first kappa shape index (κ1) is 12.4. The molecule has 2 heterocycles. The fourth-order valence-corrected chi connectivity index (χ4v) is 2.79. The molecule has 1 aliphatic heterocycles. The van der Waals surface area contributed by atoms with Crippen molar-refractivity contribution in [2.75, 3.05) is 18.0 Å². The zero-order chi connectivity index (χ0) is 13.1. The molecule has 1 N–H and O–H groups in total. The van der Waals surface area contributed by atoms with E-state index in [1.807, 2.05) is 18.3 Å². The van der Waals surface area contributed by atoms with Crippen molar-refractivity contribution in [1.29, 1.82) is 5.26 Å². The minimum absolute atomic E-state index is 0.496. The van der Waals surface area contributed by atoms with E-state index in [4.69, 9.17) is 5.26 Å². The summed E-state index contributed by atoms with van der Waals surface area (Å²) in [6, 6.07) is 7.21. The van der Waals surface area contributed by atoms with E-state index in [0.717, 1.165) is 18.8 Å². The van der Waals surface area contributed by atoms with Crippen molar-refractivity contribution in [3.05, 3.63) is 24.0 Å². The molecule has 2 fully saturated rings. The summed E-state index contributed by atoms with van der Waals surface area (Å²) in [6.07, 6.45) is 8.33. The highest BCUT2D eigenvalue weighted by atomic mass is 15.2. The first-order valence-electron chi connectivity index (χ1n) is 7.23. The number of nitriles is 1. The predicted molar refractivity (Wildman–Crippen MR) is 75.0 cm³/mol. The lowest BCUT2D eigenvalue weighted by Gasteiger charge is -2.32. The average molecular weight is 256 g/mol. The van der Waals surface area contributed by atoms with Crippen LogP contribution in [0.4, 0.5) is 5.69 Å². The molecule has 1 atom stereocenters. The van der Waals surface area contributed by atoms with Crippen molar-refractivity contribution in [3.8, 4) is 6.07 Å². The van der Waals surface area contributed by atoms with E-state index in [9.17, 15) is 0 Å². The first-order chi connectivity index (χ1) is 9.36. The number of nitrogens with one attached hydrogen (secondary N) is 1. The van der Waals surface area contributed by atoms with Crippen LogP contribution in [0.3, 0.4) is 0 Å². The van der Waals surface area contributed by atoms with E-state index in [2.05, 4.69) is 21.3 Å². The van der Waals surface area contributed by atoms with Crippen LogP contribution in [0.1, 0.15) is 37.8 Å². The third kappa shape index (κ3) is 3.05. The van der Waals surface area contributed by atoms with E-state index in [0.29, 0.717) is 17.8 Å². The summed E-state index contributed by atoms with van der Waals surface area (Å²) in [6.45, 7) is 2.22. The number of rotatable bonds is 4. The minimum Gasteiger partial charge on any atom is -0.366 e. The molecule has 0 amide bonds. The van der Waals surface area contributed by atoms with Gasteiger partial charge in [-0.3, -0.25) is 0 Å². The Labute approximate surface area is 114 Å². The monoisotopic (exact) mass is 256 g/mol. The molecule has 1 saturated heterocycles. The number of hydrogen-bond donors (Lipinski definition) is 1. The van der Waals surface area contributed by atoms with Crippen LogP contribution in [-0.2, 0) is 0 Å². The topological polar surface area (TPSA) is 52.0 Å². The second kappa shape index (κ2) is 5.58. The summed E-state index contributed by atoms with van der Waals surface area (Å²) in [7, 11) is 0. The molecule has 4 heteroatoms. The maximum Gasteiger partial charge on any atom is 0.140 e. The van der Waals surface area contributed by atoms with E-state index < -0.39 is 0 Å². The van der Waals surface area contributed by atoms with Gasteiger partial charge in [-0.15, -0.1) is 0 Å². The van der Waals surface area contributed by atoms with Crippen LogP contribution in [0.15, 0.2) is 18.3 Å². The van der Waals surface area contributed by atoms with Crippen molar-refractivity contribution < 1.29 is 0 Å². The van der Waals surface area contributed by atoms with Gasteiger partial charge in [-0.05, 0) is 44.4 Å². The van der Waals surface area contributed by atoms with Gasteiger partial charge < -0.3 is 10.2 Å². The summed E-state index contributed by atoms with van der Waals surface area (Å²) < 4.78 is 0. The van der Waals surface area contributed by atoms with Crippen molar-refractivity contribution in [2.24, 2.45) is 0 Å². The number of nitrogens with zero attached hydrogens (tertiary/aromatic N) is 3. The Morgan fingerprint density at radius 2 is 2.21 bits per heavy atom. The maximum absolute atomic E-state index is 8.81. The van der Waals surface area contributed by atoms with Crippen molar-refractivity contribution >= 4 is 5.69 Å². The average Bonchev–Trinajstić information content (AvgIpc) is 3.31. The SMILES string of the molecule is N#Cc1ccc(N(CC2CCCCN2)C2CC2)cn1. The molecule has 4 nitrogen and oxygen atoms in total. The molecule has 0 spiro atoms. The Morgan fingerprint density at radius 1 is 1.32 bits per heavy atom. The van der Waals surface area contributed by atoms with Crippen LogP contribution in [0.2, 0.25) is 0 Å². The lowest BCUT2D eigenvalue weighted by molar-refractivity contribution is 0.398. The van der Waals surface area contributed by atoms with Crippen LogP contribution < -0.4 is 10.2 Å². The number of piperidine rings is 1. The zero-order valence-corrected chi connectivity index (χ0v) is 11.2. The highest BCUT2D eigenvalue weighted by Crippen LogP contribution is 2.32. The maximum atomic E-state index is 8.81. The molecular weight excluding hydrogens is 236 g/mol. The molecule has 1 aliphatic carbocycles. The lowest BCUT2D eigenvalue weighted by Crippen LogP contribution is -2.44. The fraction of sp³-hybridized carbons (Fsp3) is 0.600. The molecule has 2 aliphatic rings. The molecule has 3 rings (SSSR count). The standard InChI is InChI=1S/C15H20N4/c16-9-12-4-5-15(10-18-12)19(14-6-7-14)11-13-3-1-2-8-17-13/h4-5,10,13-14,17H,1-3,6-8,11H2. The number of hydrogen-bond acceptors (Lipinski definition) is 4. The Hall–Kier alpha value is -1.60.